The lowest BCUT2D eigenvalue weighted by molar-refractivity contribution is -0.297. The predicted octanol–water partition coefficient (Wildman–Crippen LogP) is 9.00. The number of ether oxygens (including phenoxy) is 4. The number of rotatable bonds is 37. The number of hydrogen-bond donors (Lipinski definition) is 4. The second kappa shape index (κ2) is 35.6. The van der Waals surface area contributed by atoms with Crippen LogP contribution in [-0.4, -0.2) is 96.0 Å². The van der Waals surface area contributed by atoms with Crippen molar-refractivity contribution in [2.75, 3.05) is 19.0 Å². The summed E-state index contributed by atoms with van der Waals surface area (Å²) in [6, 6.07) is 0. The van der Waals surface area contributed by atoms with Crippen LogP contribution in [0.3, 0.4) is 0 Å². The third kappa shape index (κ3) is 30.0. The molecule has 0 aromatic carbocycles. The molecule has 2 unspecified atom stereocenters. The lowest BCUT2D eigenvalue weighted by Crippen LogP contribution is -2.60. The molecule has 4 N–H and O–H groups in total. The van der Waals surface area contributed by atoms with Gasteiger partial charge >= 0.3 is 11.9 Å². The second-order valence-electron chi connectivity index (χ2n) is 15.7. The zero-order valence-corrected chi connectivity index (χ0v) is 36.7. The van der Waals surface area contributed by atoms with Gasteiger partial charge in [0, 0.05) is 12.8 Å². The molecule has 338 valence electrons. The number of carbonyl (C=O) groups excluding carboxylic acids is 2. The molecule has 12 nitrogen and oxygen atoms in total. The number of hydrogen-bond acceptors (Lipinski definition) is 11. The van der Waals surface area contributed by atoms with Crippen LogP contribution in [0.4, 0.5) is 0 Å². The summed E-state index contributed by atoms with van der Waals surface area (Å²) in [4.78, 5) is 25.4. The molecule has 0 aromatic heterocycles. The molecule has 13 heteroatoms. The standard InChI is InChI=1S/C45H80O12S/c1-3-5-7-9-11-13-15-17-19-21-23-25-27-29-31-33-40(46)54-35-38(36-55-45-44(50)43(49)42(48)39(57-45)37-58(51,52)53)56-41(47)34-32-30-28-26-24-22-20-18-16-14-12-10-8-6-4-2/h17-20,23,25,38-39,42-45,48-50H,3-16,21-22,24,26-37H2,1-2H3,(H,51,52,53)/b19-17+,20-18+,25-23+/t38-,39-,42-,43?,44?,45+/m1/s1. The van der Waals surface area contributed by atoms with Crippen molar-refractivity contribution in [2.45, 2.75) is 218 Å². The third-order valence-electron chi connectivity index (χ3n) is 10.2. The van der Waals surface area contributed by atoms with Gasteiger partial charge in [0.15, 0.2) is 12.4 Å². The molecule has 1 fully saturated rings. The largest absolute Gasteiger partial charge is 0.462 e. The quantitative estimate of drug-likeness (QED) is 0.0202. The lowest BCUT2D eigenvalue weighted by Gasteiger charge is -2.40. The van der Waals surface area contributed by atoms with Gasteiger partial charge in [-0.05, 0) is 70.6 Å². The van der Waals surface area contributed by atoms with Crippen molar-refractivity contribution < 1.29 is 56.8 Å². The van der Waals surface area contributed by atoms with E-state index in [0.29, 0.717) is 12.8 Å². The number of aliphatic hydroxyl groups excluding tert-OH is 3. The molecule has 0 amide bonds. The van der Waals surface area contributed by atoms with Gasteiger partial charge in [-0.25, -0.2) is 0 Å². The van der Waals surface area contributed by atoms with Crippen LogP contribution in [0.25, 0.3) is 0 Å². The molecule has 1 rings (SSSR count). The second-order valence-corrected chi connectivity index (χ2v) is 17.2. The highest BCUT2D eigenvalue weighted by Gasteiger charge is 2.46. The van der Waals surface area contributed by atoms with Gasteiger partial charge in [-0.15, -0.1) is 0 Å². The molecular weight excluding hydrogens is 765 g/mol. The molecule has 1 aliphatic rings. The van der Waals surface area contributed by atoms with Crippen molar-refractivity contribution in [3.63, 3.8) is 0 Å². The Morgan fingerprint density at radius 2 is 1.03 bits per heavy atom. The van der Waals surface area contributed by atoms with Crippen LogP contribution in [0.15, 0.2) is 36.5 Å². The van der Waals surface area contributed by atoms with Crippen LogP contribution in [0.5, 0.6) is 0 Å². The van der Waals surface area contributed by atoms with Gasteiger partial charge in [0.1, 0.15) is 36.8 Å². The minimum atomic E-state index is -4.61. The highest BCUT2D eigenvalue weighted by molar-refractivity contribution is 7.85. The van der Waals surface area contributed by atoms with E-state index in [1.807, 2.05) is 0 Å². The number of carbonyl (C=O) groups is 2. The third-order valence-corrected chi connectivity index (χ3v) is 10.9. The fourth-order valence-corrected chi connectivity index (χ4v) is 7.33. The lowest BCUT2D eigenvalue weighted by atomic mass is 10.00. The molecule has 1 aliphatic heterocycles. The monoisotopic (exact) mass is 845 g/mol. The molecular formula is C45H80O12S. The Kier molecular flexibility index (Phi) is 33.1. The number of unbranched alkanes of at least 4 members (excludes halogenated alkanes) is 19. The van der Waals surface area contributed by atoms with E-state index in [-0.39, 0.29) is 19.4 Å². The van der Waals surface area contributed by atoms with Crippen molar-refractivity contribution in [1.82, 2.24) is 0 Å². The first kappa shape index (κ1) is 53.9. The number of allylic oxidation sites excluding steroid dienone is 6. The number of esters is 2. The van der Waals surface area contributed by atoms with E-state index in [4.69, 9.17) is 18.9 Å². The summed E-state index contributed by atoms with van der Waals surface area (Å²) in [7, 11) is -4.61. The van der Waals surface area contributed by atoms with Gasteiger partial charge in [0.05, 0.1) is 6.61 Å². The van der Waals surface area contributed by atoms with Crippen LogP contribution in [-0.2, 0) is 38.7 Å². The van der Waals surface area contributed by atoms with Crippen LogP contribution < -0.4 is 0 Å². The summed E-state index contributed by atoms with van der Waals surface area (Å²) in [5.74, 6) is -2.03. The van der Waals surface area contributed by atoms with Gasteiger partial charge in [0.25, 0.3) is 10.1 Å². The average Bonchev–Trinajstić information content (AvgIpc) is 3.18. The summed E-state index contributed by atoms with van der Waals surface area (Å²) in [5, 5.41) is 30.9. The highest BCUT2D eigenvalue weighted by Crippen LogP contribution is 2.24. The Morgan fingerprint density at radius 3 is 1.57 bits per heavy atom. The van der Waals surface area contributed by atoms with E-state index in [1.165, 1.54) is 77.0 Å². The first-order chi connectivity index (χ1) is 28.0. The Bertz CT molecular complexity index is 1220. The Balaban J connectivity index is 2.49. The molecule has 0 bridgehead atoms. The predicted molar refractivity (Wildman–Crippen MR) is 229 cm³/mol. The summed E-state index contributed by atoms with van der Waals surface area (Å²) in [5.41, 5.74) is 0. The maximum Gasteiger partial charge on any atom is 0.306 e. The van der Waals surface area contributed by atoms with Crippen LogP contribution in [0.1, 0.15) is 181 Å². The van der Waals surface area contributed by atoms with E-state index in [9.17, 15) is 37.9 Å². The van der Waals surface area contributed by atoms with Crippen molar-refractivity contribution >= 4 is 22.1 Å². The molecule has 0 radical (unpaired) electrons. The van der Waals surface area contributed by atoms with E-state index in [2.05, 4.69) is 50.3 Å². The first-order valence-electron chi connectivity index (χ1n) is 22.5. The van der Waals surface area contributed by atoms with E-state index in [0.717, 1.165) is 64.2 Å². The van der Waals surface area contributed by atoms with Crippen molar-refractivity contribution in [3.8, 4) is 0 Å². The maximum atomic E-state index is 12.8. The zero-order chi connectivity index (χ0) is 42.7. The van der Waals surface area contributed by atoms with Gasteiger partial charge in [-0.1, -0.05) is 134 Å². The van der Waals surface area contributed by atoms with E-state index >= 15 is 0 Å². The zero-order valence-electron chi connectivity index (χ0n) is 35.9. The maximum absolute atomic E-state index is 12.8. The SMILES string of the molecule is CCCCCCCC/C=C/C/C=C/CCCCC(=O)OC[C@H](CO[C@H]1O[C@H](CS(=O)(=O)O)[C@@H](O)C(O)C1O)OC(=O)CCCCCCC/C=C/CCCCCCCC. The summed E-state index contributed by atoms with van der Waals surface area (Å²) < 4.78 is 54.0. The van der Waals surface area contributed by atoms with E-state index < -0.39 is 71.2 Å². The molecule has 6 atom stereocenters. The topological polar surface area (TPSA) is 186 Å². The minimum Gasteiger partial charge on any atom is -0.462 e. The van der Waals surface area contributed by atoms with Gasteiger partial charge in [-0.3, -0.25) is 14.1 Å². The van der Waals surface area contributed by atoms with Crippen molar-refractivity contribution in [2.24, 2.45) is 0 Å². The normalized spacial score (nSPS) is 20.7. The Morgan fingerprint density at radius 1 is 0.586 bits per heavy atom. The smallest absolute Gasteiger partial charge is 0.306 e. The van der Waals surface area contributed by atoms with Gasteiger partial charge in [0.2, 0.25) is 0 Å². The van der Waals surface area contributed by atoms with Crippen molar-refractivity contribution in [3.05, 3.63) is 36.5 Å². The van der Waals surface area contributed by atoms with E-state index in [1.54, 1.807) is 0 Å². The van der Waals surface area contributed by atoms with Gasteiger partial charge < -0.3 is 34.3 Å². The number of aliphatic hydroxyl groups is 3. The van der Waals surface area contributed by atoms with Crippen molar-refractivity contribution in [1.29, 1.82) is 0 Å². The molecule has 0 saturated carbocycles. The fraction of sp³-hybridized carbons (Fsp3) is 0.822. The molecule has 58 heavy (non-hydrogen) atoms. The van der Waals surface area contributed by atoms with Gasteiger partial charge in [-0.2, -0.15) is 8.42 Å². The molecule has 1 heterocycles. The Hall–Kier alpha value is -2.13. The molecule has 0 aromatic rings. The minimum absolute atomic E-state index is 0.148. The molecule has 1 saturated heterocycles. The fourth-order valence-electron chi connectivity index (χ4n) is 6.64. The van der Waals surface area contributed by atoms with Crippen LogP contribution in [0.2, 0.25) is 0 Å². The summed E-state index contributed by atoms with van der Waals surface area (Å²) in [6.07, 6.45) is 30.5. The first-order valence-corrected chi connectivity index (χ1v) is 24.2. The Labute approximate surface area is 351 Å². The average molecular weight is 845 g/mol. The van der Waals surface area contributed by atoms with Crippen LogP contribution >= 0.6 is 0 Å². The highest BCUT2D eigenvalue weighted by atomic mass is 32.2. The summed E-state index contributed by atoms with van der Waals surface area (Å²) in [6.45, 7) is 3.71. The summed E-state index contributed by atoms with van der Waals surface area (Å²) >= 11 is 0. The molecule has 0 aliphatic carbocycles. The molecule has 0 spiro atoms. The van der Waals surface area contributed by atoms with Crippen LogP contribution in [0, 0.1) is 0 Å².